The number of carbonyl (C=O) groups is 2. The van der Waals surface area contributed by atoms with Gasteiger partial charge in [0.1, 0.15) is 6.54 Å². The first-order valence-corrected chi connectivity index (χ1v) is 6.77. The fourth-order valence-electron chi connectivity index (χ4n) is 1.59. The molecule has 6 heteroatoms. The number of rotatable bonds is 6. The van der Waals surface area contributed by atoms with Gasteiger partial charge in [0.15, 0.2) is 0 Å². The van der Waals surface area contributed by atoms with Crippen LogP contribution < -0.4 is 5.32 Å². The molecule has 2 amide bonds. The SMILES string of the molecule is CCC(NC(=O)N(CC)CC(=O)O)c1cccs1. The average Bonchev–Trinajstić information content (AvgIpc) is 2.85. The molecule has 1 aromatic rings. The summed E-state index contributed by atoms with van der Waals surface area (Å²) in [5.41, 5.74) is 0. The minimum atomic E-state index is -1.00. The number of amides is 2. The smallest absolute Gasteiger partial charge is 0.323 e. The third-order valence-electron chi connectivity index (χ3n) is 2.59. The van der Waals surface area contributed by atoms with E-state index in [0.717, 1.165) is 11.3 Å². The highest BCUT2D eigenvalue weighted by atomic mass is 32.1. The van der Waals surface area contributed by atoms with Gasteiger partial charge in [0.25, 0.3) is 0 Å². The standard InChI is InChI=1S/C12H18N2O3S/c1-3-9(10-6-5-7-18-10)13-12(17)14(4-2)8-11(15)16/h5-7,9H,3-4,8H2,1-2H3,(H,13,17)(H,15,16). The first kappa shape index (κ1) is 14.5. The molecular formula is C12H18N2O3S. The molecule has 1 heterocycles. The van der Waals surface area contributed by atoms with Gasteiger partial charge in [0.05, 0.1) is 6.04 Å². The number of likely N-dealkylation sites (N-methyl/N-ethyl adjacent to an activating group) is 1. The first-order chi connectivity index (χ1) is 8.58. The Kier molecular flexibility index (Phi) is 5.64. The molecular weight excluding hydrogens is 252 g/mol. The zero-order valence-electron chi connectivity index (χ0n) is 10.5. The Morgan fingerprint density at radius 1 is 1.50 bits per heavy atom. The van der Waals surface area contributed by atoms with Crippen LogP contribution in [0.1, 0.15) is 31.2 Å². The lowest BCUT2D eigenvalue weighted by Gasteiger charge is -2.23. The zero-order valence-corrected chi connectivity index (χ0v) is 11.4. The van der Waals surface area contributed by atoms with Crippen molar-refractivity contribution < 1.29 is 14.7 Å². The number of carboxylic acids is 1. The zero-order chi connectivity index (χ0) is 13.5. The molecule has 0 saturated carbocycles. The second-order valence-corrected chi connectivity index (χ2v) is 4.81. The van der Waals surface area contributed by atoms with Crippen molar-refractivity contribution >= 4 is 23.3 Å². The van der Waals surface area contributed by atoms with E-state index in [1.165, 1.54) is 4.90 Å². The Labute approximate surface area is 110 Å². The van der Waals surface area contributed by atoms with E-state index in [2.05, 4.69) is 5.32 Å². The maximum Gasteiger partial charge on any atom is 0.323 e. The molecule has 0 aliphatic rings. The Balaban J connectivity index is 2.63. The lowest BCUT2D eigenvalue weighted by atomic mass is 10.2. The number of urea groups is 1. The van der Waals surface area contributed by atoms with E-state index in [0.29, 0.717) is 6.54 Å². The van der Waals surface area contributed by atoms with E-state index in [4.69, 9.17) is 5.11 Å². The fourth-order valence-corrected chi connectivity index (χ4v) is 2.46. The summed E-state index contributed by atoms with van der Waals surface area (Å²) < 4.78 is 0. The van der Waals surface area contributed by atoms with Gasteiger partial charge in [-0.05, 0) is 24.8 Å². The molecule has 0 aromatic carbocycles. The van der Waals surface area contributed by atoms with E-state index in [9.17, 15) is 9.59 Å². The van der Waals surface area contributed by atoms with Crippen molar-refractivity contribution in [2.45, 2.75) is 26.3 Å². The molecule has 0 fully saturated rings. The fraction of sp³-hybridized carbons (Fsp3) is 0.500. The molecule has 2 N–H and O–H groups in total. The van der Waals surface area contributed by atoms with Gasteiger partial charge in [0.2, 0.25) is 0 Å². The lowest BCUT2D eigenvalue weighted by Crippen LogP contribution is -2.43. The second kappa shape index (κ2) is 7.00. The predicted molar refractivity (Wildman–Crippen MR) is 70.8 cm³/mol. The van der Waals surface area contributed by atoms with Gasteiger partial charge in [-0.1, -0.05) is 13.0 Å². The molecule has 1 atom stereocenters. The van der Waals surface area contributed by atoms with Crippen molar-refractivity contribution in [2.24, 2.45) is 0 Å². The highest BCUT2D eigenvalue weighted by Crippen LogP contribution is 2.21. The quantitative estimate of drug-likeness (QED) is 0.833. The molecule has 1 aromatic heterocycles. The van der Waals surface area contributed by atoms with Crippen LogP contribution >= 0.6 is 11.3 Å². The number of carboxylic acid groups (broad SMARTS) is 1. The van der Waals surface area contributed by atoms with Crippen LogP contribution in [-0.4, -0.2) is 35.1 Å². The Hall–Kier alpha value is -1.56. The Morgan fingerprint density at radius 2 is 2.22 bits per heavy atom. The van der Waals surface area contributed by atoms with Gasteiger partial charge in [-0.2, -0.15) is 0 Å². The molecule has 1 unspecified atom stereocenters. The topological polar surface area (TPSA) is 69.6 Å². The maximum absolute atomic E-state index is 11.9. The van der Waals surface area contributed by atoms with Crippen LogP contribution in [0.3, 0.4) is 0 Å². The summed E-state index contributed by atoms with van der Waals surface area (Å²) >= 11 is 1.58. The van der Waals surface area contributed by atoms with Crippen molar-refractivity contribution in [1.82, 2.24) is 10.2 Å². The van der Waals surface area contributed by atoms with Crippen molar-refractivity contribution in [3.63, 3.8) is 0 Å². The normalized spacial score (nSPS) is 11.9. The molecule has 0 radical (unpaired) electrons. The number of aliphatic carboxylic acids is 1. The molecule has 0 aliphatic carbocycles. The highest BCUT2D eigenvalue weighted by molar-refractivity contribution is 7.10. The molecule has 1 rings (SSSR count). The molecule has 100 valence electrons. The lowest BCUT2D eigenvalue weighted by molar-refractivity contribution is -0.137. The number of nitrogens with one attached hydrogen (secondary N) is 1. The van der Waals surface area contributed by atoms with Crippen molar-refractivity contribution in [1.29, 1.82) is 0 Å². The summed E-state index contributed by atoms with van der Waals surface area (Å²) in [4.78, 5) is 24.9. The summed E-state index contributed by atoms with van der Waals surface area (Å²) in [5.74, 6) is -1.00. The van der Waals surface area contributed by atoms with Crippen molar-refractivity contribution in [2.75, 3.05) is 13.1 Å². The van der Waals surface area contributed by atoms with Crippen LogP contribution in [-0.2, 0) is 4.79 Å². The summed E-state index contributed by atoms with van der Waals surface area (Å²) in [7, 11) is 0. The summed E-state index contributed by atoms with van der Waals surface area (Å²) in [6.45, 7) is 3.84. The van der Waals surface area contributed by atoms with Crippen LogP contribution in [0, 0.1) is 0 Å². The van der Waals surface area contributed by atoms with E-state index in [-0.39, 0.29) is 18.6 Å². The predicted octanol–water partition coefficient (Wildman–Crippen LogP) is 2.32. The first-order valence-electron chi connectivity index (χ1n) is 5.89. The molecule has 5 nitrogen and oxygen atoms in total. The molecule has 0 saturated heterocycles. The molecule has 0 spiro atoms. The van der Waals surface area contributed by atoms with E-state index < -0.39 is 5.97 Å². The largest absolute Gasteiger partial charge is 0.480 e. The molecule has 18 heavy (non-hydrogen) atoms. The van der Waals surface area contributed by atoms with Gasteiger partial charge in [-0.3, -0.25) is 4.79 Å². The molecule has 0 aliphatic heterocycles. The van der Waals surface area contributed by atoms with E-state index >= 15 is 0 Å². The van der Waals surface area contributed by atoms with Crippen molar-refractivity contribution in [3.8, 4) is 0 Å². The number of carbonyl (C=O) groups excluding carboxylic acids is 1. The van der Waals surface area contributed by atoms with E-state index in [1.54, 1.807) is 18.3 Å². The minimum Gasteiger partial charge on any atom is -0.480 e. The van der Waals surface area contributed by atoms with Crippen LogP contribution in [0.5, 0.6) is 0 Å². The second-order valence-electron chi connectivity index (χ2n) is 3.83. The molecule has 0 bridgehead atoms. The van der Waals surface area contributed by atoms with E-state index in [1.807, 2.05) is 24.4 Å². The van der Waals surface area contributed by atoms with Crippen LogP contribution in [0.2, 0.25) is 0 Å². The van der Waals surface area contributed by atoms with Crippen LogP contribution in [0.4, 0.5) is 4.79 Å². The van der Waals surface area contributed by atoms with Crippen LogP contribution in [0.15, 0.2) is 17.5 Å². The Bertz CT molecular complexity index is 392. The monoisotopic (exact) mass is 270 g/mol. The number of thiophene rings is 1. The van der Waals surface area contributed by atoms with Gasteiger partial charge < -0.3 is 15.3 Å². The Morgan fingerprint density at radius 3 is 2.67 bits per heavy atom. The highest BCUT2D eigenvalue weighted by Gasteiger charge is 2.19. The average molecular weight is 270 g/mol. The number of hydrogen-bond donors (Lipinski definition) is 2. The summed E-state index contributed by atoms with van der Waals surface area (Å²) in [5, 5.41) is 13.5. The van der Waals surface area contributed by atoms with Crippen molar-refractivity contribution in [3.05, 3.63) is 22.4 Å². The van der Waals surface area contributed by atoms with Crippen LogP contribution in [0.25, 0.3) is 0 Å². The van der Waals surface area contributed by atoms with Gasteiger partial charge >= 0.3 is 12.0 Å². The van der Waals surface area contributed by atoms with Gasteiger partial charge in [-0.25, -0.2) is 4.79 Å². The number of hydrogen-bond acceptors (Lipinski definition) is 3. The third kappa shape index (κ3) is 4.03. The van der Waals surface area contributed by atoms with Gasteiger partial charge in [0, 0.05) is 11.4 Å². The summed E-state index contributed by atoms with van der Waals surface area (Å²) in [6.07, 6.45) is 0.775. The maximum atomic E-state index is 11.9. The minimum absolute atomic E-state index is 0.0552. The number of nitrogens with zero attached hydrogens (tertiary/aromatic N) is 1. The summed E-state index contributed by atoms with van der Waals surface area (Å²) in [6, 6.07) is 3.51. The third-order valence-corrected chi connectivity index (χ3v) is 3.57. The van der Waals surface area contributed by atoms with Gasteiger partial charge in [-0.15, -0.1) is 11.3 Å².